The summed E-state index contributed by atoms with van der Waals surface area (Å²) in [5.74, 6) is -6.62. The summed E-state index contributed by atoms with van der Waals surface area (Å²) < 4.78 is 82.6. The molecule has 9 rings (SSSR count). The number of carboxylic acid groups (broad SMARTS) is 1. The lowest BCUT2D eigenvalue weighted by molar-refractivity contribution is -0.391. The molecule has 5 saturated heterocycles. The Kier molecular flexibility index (Phi) is 27.1. The fourth-order valence-electron chi connectivity index (χ4n) is 14.4. The fraction of sp³-hybridized carbons (Fsp3) is 0.869. The predicted molar refractivity (Wildman–Crippen MR) is 309 cm³/mol. The molecule has 0 aromatic heterocycles. The highest BCUT2D eigenvalue weighted by atomic mass is 16.8. The molecule has 0 spiro atoms. The van der Waals surface area contributed by atoms with Gasteiger partial charge < -0.3 is 148 Å². The molecular weight excluding hydrogens is 1280 g/mol. The number of carbonyl (C=O) groups is 4. The lowest BCUT2D eigenvalue weighted by Crippen LogP contribution is -2.66. The maximum atomic E-state index is 14.2. The van der Waals surface area contributed by atoms with E-state index in [0.29, 0.717) is 25.7 Å². The Hall–Kier alpha value is -3.68. The molecule has 9 aliphatic rings. The van der Waals surface area contributed by atoms with Crippen LogP contribution in [0.25, 0.3) is 0 Å². The number of esters is 3. The molecule has 9 fully saturated rings. The lowest BCUT2D eigenvalue weighted by Gasteiger charge is -2.51. The van der Waals surface area contributed by atoms with E-state index >= 15 is 0 Å². The van der Waals surface area contributed by atoms with Crippen LogP contribution in [-0.4, -0.2) is 335 Å². The number of hydrogen-bond acceptors (Lipinski definition) is 32. The molecule has 5 aliphatic heterocycles. The second kappa shape index (κ2) is 34.1. The van der Waals surface area contributed by atoms with Gasteiger partial charge in [0.05, 0.1) is 61.9 Å². The van der Waals surface area contributed by atoms with E-state index in [2.05, 4.69) is 0 Å². The highest BCUT2D eigenvalue weighted by Gasteiger charge is 2.59. The van der Waals surface area contributed by atoms with Crippen LogP contribution in [0.3, 0.4) is 0 Å². The third kappa shape index (κ3) is 18.7. The van der Waals surface area contributed by atoms with Crippen LogP contribution in [0.15, 0.2) is 24.3 Å². The standard InChI is InChI=1S/C61H94O34/c1-82-35-13-25(14-36(83-2)45(35)73)6-12-43(71)93-57-55(94-59-53(81)49(77)46(74)38(20-62)90-59)32(67)21-86-60(57)95-56-51(79)48(76)40(22-84-42(70)11-5-24-3-8-27(63)9-4-24)92-61(56)89-37-18-29-33(87-54(37)26-7-10-30(65)31(66)15-26)16-28(64)17-34(29)88-58-52(80)50(78)47(75)39(91-58)23-85-44(72)19-41(68)69/h5-6,11-12,24-40,45-67,73-81H,3-4,7-10,13-23H2,1-2H3,(H,68,69)/p+1/t24?,25?,26?,27?,28?,29?,30?,31?,32-,33?,34?,35?,36?,37?,38-,39-,40-,45?,46-,47-,48-,49+,50+,51+,52-,53-,54?,55+,56-,57-,58-,59+,60+,61-/m1/s1. The van der Waals surface area contributed by atoms with E-state index in [-0.39, 0.29) is 57.3 Å². The average molecular weight is 1370 g/mol. The number of aliphatic hydroxyl groups is 17. The number of aliphatic carboxylic acids is 1. The van der Waals surface area contributed by atoms with Crippen molar-refractivity contribution in [2.24, 2.45) is 23.7 Å². The minimum atomic E-state index is -2.13. The van der Waals surface area contributed by atoms with Gasteiger partial charge >= 0.3 is 23.9 Å². The number of allylic oxidation sites excluding steroid dienone is 2. The molecule has 4 aliphatic carbocycles. The van der Waals surface area contributed by atoms with Gasteiger partial charge in [-0.1, -0.05) is 12.2 Å². The van der Waals surface area contributed by atoms with E-state index in [4.69, 9.17) is 71.4 Å². The Morgan fingerprint density at radius 1 is 0.484 bits per heavy atom. The van der Waals surface area contributed by atoms with Gasteiger partial charge in [-0.2, -0.15) is 0 Å². The van der Waals surface area contributed by atoms with Gasteiger partial charge in [0, 0.05) is 45.1 Å². The second-order valence-electron chi connectivity index (χ2n) is 26.3. The topological polar surface area (TPSA) is 525 Å². The number of methoxy groups -OCH3 is 2. The van der Waals surface area contributed by atoms with Gasteiger partial charge in [-0.3, -0.25) is 9.59 Å². The van der Waals surface area contributed by atoms with Crippen molar-refractivity contribution >= 4 is 23.9 Å². The normalized spacial score (nSPS) is 46.8. The zero-order valence-electron chi connectivity index (χ0n) is 52.5. The number of aliphatic hydroxyl groups excluding tert-OH is 15. The van der Waals surface area contributed by atoms with Crippen LogP contribution >= 0.6 is 0 Å². The Labute approximate surface area is 545 Å². The Morgan fingerprint density at radius 3 is 1.71 bits per heavy atom. The van der Waals surface area contributed by atoms with Crippen molar-refractivity contribution in [1.82, 2.24) is 0 Å². The minimum absolute atomic E-state index is 0.0298. The molecule has 34 heteroatoms. The van der Waals surface area contributed by atoms with Crippen molar-refractivity contribution in [1.29, 1.82) is 0 Å². The monoisotopic (exact) mass is 1370 g/mol. The largest absolute Gasteiger partial charge is 0.481 e. The fourth-order valence-corrected chi connectivity index (χ4v) is 14.4. The Bertz CT molecular complexity index is 2510. The van der Waals surface area contributed by atoms with Crippen LogP contribution in [0.2, 0.25) is 0 Å². The van der Waals surface area contributed by atoms with E-state index in [1.54, 1.807) is 6.08 Å². The van der Waals surface area contributed by atoms with Gasteiger partial charge in [0.2, 0.25) is 0 Å². The van der Waals surface area contributed by atoms with E-state index in [9.17, 15) is 95.8 Å². The molecule has 0 amide bonds. The zero-order valence-corrected chi connectivity index (χ0v) is 52.5. The van der Waals surface area contributed by atoms with Crippen LogP contribution in [0, 0.1) is 23.7 Å². The van der Waals surface area contributed by atoms with E-state index < -0.39 is 258 Å². The Morgan fingerprint density at radius 2 is 1.06 bits per heavy atom. The summed E-state index contributed by atoms with van der Waals surface area (Å²) in [5.41, 5.74) is 0. The second-order valence-corrected chi connectivity index (χ2v) is 26.3. The molecule has 5 heterocycles. The van der Waals surface area contributed by atoms with Crippen molar-refractivity contribution in [3.63, 3.8) is 0 Å². The summed E-state index contributed by atoms with van der Waals surface area (Å²) in [6.45, 7) is -3.13. The molecule has 95 heavy (non-hydrogen) atoms. The minimum Gasteiger partial charge on any atom is -0.481 e. The molecule has 542 valence electrons. The van der Waals surface area contributed by atoms with Crippen LogP contribution in [0.4, 0.5) is 0 Å². The first-order valence-corrected chi connectivity index (χ1v) is 32.5. The number of carbonyl (C=O) groups excluding carboxylic acids is 3. The number of fused-ring (bicyclic) bond motifs is 1. The third-order valence-corrected chi connectivity index (χ3v) is 19.8. The highest BCUT2D eigenvalue weighted by molar-refractivity contribution is 5.90. The molecule has 34 nitrogen and oxygen atoms in total. The van der Waals surface area contributed by atoms with Crippen molar-refractivity contribution in [3.8, 4) is 0 Å². The summed E-state index contributed by atoms with van der Waals surface area (Å²) in [6.07, 6.45) is -39.4. The van der Waals surface area contributed by atoms with Crippen molar-refractivity contribution in [2.75, 3.05) is 40.6 Å². The number of carboxylic acids is 1. The van der Waals surface area contributed by atoms with Gasteiger partial charge in [0.25, 0.3) is 0 Å². The zero-order chi connectivity index (χ0) is 68.7. The summed E-state index contributed by atoms with van der Waals surface area (Å²) in [6, 6.07) is 0. The molecule has 17 N–H and O–H groups in total. The van der Waals surface area contributed by atoms with Gasteiger partial charge in [0.1, 0.15) is 117 Å². The van der Waals surface area contributed by atoms with Crippen LogP contribution in [0.5, 0.6) is 0 Å². The molecule has 11 unspecified atom stereocenters. The Balaban J connectivity index is 1.04. The van der Waals surface area contributed by atoms with Gasteiger partial charge in [0.15, 0.2) is 43.5 Å². The third-order valence-electron chi connectivity index (χ3n) is 19.8. The molecule has 0 bridgehead atoms. The molecule has 0 aromatic rings. The number of rotatable bonds is 23. The molecule has 30 atom stereocenters. The quantitative estimate of drug-likeness (QED) is 0.0149. The van der Waals surface area contributed by atoms with Gasteiger partial charge in [-0.25, -0.2) is 9.59 Å². The summed E-state index contributed by atoms with van der Waals surface area (Å²) in [7, 11) is 2.79. The SMILES string of the molecule is COC1CC(C=CC(=O)O[C@H]2[C@H](O[C@H]3[C@H](OC4CC5C(O[C@@H]6O[C@H](COC(=O)CC(=O)O)[C@@H](O)[C@H](O)[C@H]6O)CC(O)CC5[OH+]C4C4CCC(O)C(O)C4)O[C@H](COC(=O)C=CC4CCC(O)CC4)[C@@H](O)[C@@H]3O)OC[C@@H](O)[C@@H]2O[C@@H]2O[C@H](CO)[C@@H](O)[C@H](O)[C@H]2O)CC(OC)C1O. The summed E-state index contributed by atoms with van der Waals surface area (Å²) >= 11 is 0. The molecule has 0 aromatic carbocycles. The van der Waals surface area contributed by atoms with Crippen LogP contribution in [0.1, 0.15) is 83.5 Å². The highest BCUT2D eigenvalue weighted by Crippen LogP contribution is 2.45. The van der Waals surface area contributed by atoms with Crippen LogP contribution in [-0.2, 0) is 80.8 Å². The van der Waals surface area contributed by atoms with Crippen molar-refractivity contribution < 1.29 is 167 Å². The molecule has 0 radical (unpaired) electrons. The van der Waals surface area contributed by atoms with E-state index in [1.165, 1.54) is 26.4 Å². The maximum Gasteiger partial charge on any atom is 0.330 e. The predicted octanol–water partition coefficient (Wildman–Crippen LogP) is -6.80. The van der Waals surface area contributed by atoms with E-state index in [1.807, 2.05) is 0 Å². The maximum absolute atomic E-state index is 14.2. The first-order valence-electron chi connectivity index (χ1n) is 32.5. The van der Waals surface area contributed by atoms with Crippen molar-refractivity contribution in [3.05, 3.63) is 24.3 Å². The number of hydrogen-bond donors (Lipinski definition) is 16. The number of ether oxygens (including phenoxy) is 14. The van der Waals surface area contributed by atoms with Gasteiger partial charge in [-0.15, -0.1) is 0 Å². The van der Waals surface area contributed by atoms with Gasteiger partial charge in [-0.05, 0) is 76.0 Å². The average Bonchev–Trinajstić information content (AvgIpc) is 0.836. The smallest absolute Gasteiger partial charge is 0.330 e. The first-order chi connectivity index (χ1) is 45.2. The first kappa shape index (κ1) is 75.5. The summed E-state index contributed by atoms with van der Waals surface area (Å²) in [5, 5.41) is 175. The van der Waals surface area contributed by atoms with Crippen LogP contribution < -0.4 is 0 Å². The summed E-state index contributed by atoms with van der Waals surface area (Å²) in [4.78, 5) is 50.9. The van der Waals surface area contributed by atoms with E-state index in [0.717, 1.165) is 6.08 Å². The lowest BCUT2D eigenvalue weighted by atomic mass is 9.72. The molecular formula is C61H95O34+. The molecule has 4 saturated carbocycles. The van der Waals surface area contributed by atoms with Crippen molar-refractivity contribution in [2.45, 2.75) is 267 Å².